The van der Waals surface area contributed by atoms with Crippen molar-refractivity contribution < 1.29 is 9.90 Å². The summed E-state index contributed by atoms with van der Waals surface area (Å²) in [4.78, 5) is 11.4. The molecule has 0 aliphatic heterocycles. The van der Waals surface area contributed by atoms with E-state index in [2.05, 4.69) is 30.4 Å². The van der Waals surface area contributed by atoms with E-state index in [4.69, 9.17) is 0 Å². The number of aliphatic carboxylic acids is 1. The van der Waals surface area contributed by atoms with Crippen LogP contribution in [0, 0.1) is 6.92 Å². The number of aryl methyl sites for hydroxylation is 1. The summed E-state index contributed by atoms with van der Waals surface area (Å²) >= 11 is 1.65. The molecule has 0 aliphatic carbocycles. The lowest BCUT2D eigenvalue weighted by atomic mass is 10.1. The highest BCUT2D eigenvalue weighted by Gasteiger charge is 2.33. The molecule has 0 aromatic heterocycles. The van der Waals surface area contributed by atoms with Gasteiger partial charge in [0.05, 0.1) is 0 Å². The first-order valence-electron chi connectivity index (χ1n) is 6.48. The molecule has 0 heterocycles. The van der Waals surface area contributed by atoms with Crippen LogP contribution in [-0.4, -0.2) is 28.4 Å². The van der Waals surface area contributed by atoms with Gasteiger partial charge in [0.15, 0.2) is 0 Å². The van der Waals surface area contributed by atoms with Gasteiger partial charge >= 0.3 is 5.97 Å². The van der Waals surface area contributed by atoms with Crippen molar-refractivity contribution in [1.29, 1.82) is 0 Å². The zero-order valence-corrected chi connectivity index (χ0v) is 12.9. The second kappa shape index (κ2) is 6.96. The molecule has 1 aromatic carbocycles. The first-order chi connectivity index (χ1) is 8.83. The quantitative estimate of drug-likeness (QED) is 0.806. The van der Waals surface area contributed by atoms with E-state index >= 15 is 0 Å². The molecule has 2 N–H and O–H groups in total. The number of hydrogen-bond acceptors (Lipinski definition) is 3. The van der Waals surface area contributed by atoms with Gasteiger partial charge in [-0.05, 0) is 33.3 Å². The Kier molecular flexibility index (Phi) is 5.88. The van der Waals surface area contributed by atoms with Gasteiger partial charge in [-0.1, -0.05) is 29.8 Å². The number of carboxylic acids is 1. The Morgan fingerprint density at radius 2 is 2.16 bits per heavy atom. The largest absolute Gasteiger partial charge is 0.480 e. The zero-order valence-electron chi connectivity index (χ0n) is 12.1. The van der Waals surface area contributed by atoms with Crippen molar-refractivity contribution in [2.75, 3.05) is 5.75 Å². The number of thioether (sulfide) groups is 1. The van der Waals surface area contributed by atoms with Crippen molar-refractivity contribution in [3.8, 4) is 0 Å². The van der Waals surface area contributed by atoms with Crippen LogP contribution < -0.4 is 5.32 Å². The lowest BCUT2D eigenvalue weighted by molar-refractivity contribution is -0.143. The maximum absolute atomic E-state index is 11.4. The molecular formula is C15H23NO2S. The first-order valence-corrected chi connectivity index (χ1v) is 7.63. The van der Waals surface area contributed by atoms with E-state index in [-0.39, 0.29) is 6.04 Å². The Hall–Kier alpha value is -1.00. The molecule has 3 nitrogen and oxygen atoms in total. The lowest BCUT2D eigenvalue weighted by Crippen LogP contribution is -2.54. The zero-order chi connectivity index (χ0) is 14.5. The Labute approximate surface area is 119 Å². The van der Waals surface area contributed by atoms with Crippen molar-refractivity contribution in [2.45, 2.75) is 45.0 Å². The Bertz CT molecular complexity index is 434. The van der Waals surface area contributed by atoms with Gasteiger partial charge in [-0.2, -0.15) is 11.8 Å². The summed E-state index contributed by atoms with van der Waals surface area (Å²) in [5, 5.41) is 12.5. The van der Waals surface area contributed by atoms with E-state index in [1.165, 1.54) is 11.1 Å². The Morgan fingerprint density at radius 3 is 2.68 bits per heavy atom. The summed E-state index contributed by atoms with van der Waals surface area (Å²) in [7, 11) is 0. The Balaban J connectivity index is 2.56. The molecular weight excluding hydrogens is 258 g/mol. The second-order valence-electron chi connectivity index (χ2n) is 5.42. The van der Waals surface area contributed by atoms with E-state index in [0.29, 0.717) is 5.75 Å². The molecule has 1 atom stereocenters. The van der Waals surface area contributed by atoms with Crippen molar-refractivity contribution >= 4 is 17.7 Å². The first kappa shape index (κ1) is 16.1. The maximum atomic E-state index is 11.4. The smallest absolute Gasteiger partial charge is 0.324 e. The predicted molar refractivity (Wildman–Crippen MR) is 81.7 cm³/mol. The number of carboxylic acid groups (broad SMARTS) is 1. The van der Waals surface area contributed by atoms with Gasteiger partial charge in [0.1, 0.15) is 5.54 Å². The molecule has 0 spiro atoms. The monoisotopic (exact) mass is 281 g/mol. The summed E-state index contributed by atoms with van der Waals surface area (Å²) in [6.07, 6.45) is 0. The van der Waals surface area contributed by atoms with Crippen LogP contribution in [0.4, 0.5) is 0 Å². The molecule has 0 aliphatic rings. The van der Waals surface area contributed by atoms with Crippen molar-refractivity contribution in [3.63, 3.8) is 0 Å². The van der Waals surface area contributed by atoms with Crippen LogP contribution in [0.15, 0.2) is 24.3 Å². The summed E-state index contributed by atoms with van der Waals surface area (Å²) in [5.41, 5.74) is 1.60. The summed E-state index contributed by atoms with van der Waals surface area (Å²) in [5.74, 6) is 0.594. The number of nitrogens with one attached hydrogen (secondary N) is 1. The third-order valence-corrected chi connectivity index (χ3v) is 4.14. The highest BCUT2D eigenvalue weighted by atomic mass is 32.2. The highest BCUT2D eigenvalue weighted by molar-refractivity contribution is 7.98. The molecule has 0 saturated carbocycles. The molecule has 19 heavy (non-hydrogen) atoms. The average Bonchev–Trinajstić information content (AvgIpc) is 2.27. The molecule has 0 saturated heterocycles. The number of hydrogen-bond donors (Lipinski definition) is 2. The van der Waals surface area contributed by atoms with Crippen LogP contribution in [0.5, 0.6) is 0 Å². The van der Waals surface area contributed by atoms with Gasteiger partial charge in [0, 0.05) is 17.5 Å². The minimum Gasteiger partial charge on any atom is -0.480 e. The number of rotatable bonds is 7. The number of benzene rings is 1. The third kappa shape index (κ3) is 5.25. The van der Waals surface area contributed by atoms with Crippen molar-refractivity contribution in [3.05, 3.63) is 35.4 Å². The van der Waals surface area contributed by atoms with Crippen molar-refractivity contribution in [1.82, 2.24) is 5.32 Å². The molecule has 1 aromatic rings. The fourth-order valence-electron chi connectivity index (χ4n) is 1.98. The Morgan fingerprint density at radius 1 is 1.47 bits per heavy atom. The second-order valence-corrected chi connectivity index (χ2v) is 6.40. The SMILES string of the molecule is Cc1cccc(CSCC(C)(NC(C)C)C(=O)O)c1. The molecule has 0 fully saturated rings. The van der Waals surface area contributed by atoms with E-state index in [1.54, 1.807) is 18.7 Å². The van der Waals surface area contributed by atoms with Gasteiger partial charge in [0.2, 0.25) is 0 Å². The van der Waals surface area contributed by atoms with Gasteiger partial charge < -0.3 is 5.11 Å². The van der Waals surface area contributed by atoms with E-state index in [9.17, 15) is 9.90 Å². The molecule has 106 valence electrons. The summed E-state index contributed by atoms with van der Waals surface area (Å²) in [6.45, 7) is 7.74. The summed E-state index contributed by atoms with van der Waals surface area (Å²) < 4.78 is 0. The van der Waals surface area contributed by atoms with Crippen LogP contribution in [0.1, 0.15) is 31.9 Å². The average molecular weight is 281 g/mol. The molecule has 1 unspecified atom stereocenters. The standard InChI is InChI=1S/C15H23NO2S/c1-11(2)16-15(4,14(17)18)10-19-9-13-7-5-6-12(3)8-13/h5-8,11,16H,9-10H2,1-4H3,(H,17,18). The molecule has 0 amide bonds. The van der Waals surface area contributed by atoms with E-state index < -0.39 is 11.5 Å². The summed E-state index contributed by atoms with van der Waals surface area (Å²) in [6, 6.07) is 8.47. The van der Waals surface area contributed by atoms with E-state index in [0.717, 1.165) is 5.75 Å². The van der Waals surface area contributed by atoms with Crippen molar-refractivity contribution in [2.24, 2.45) is 0 Å². The highest BCUT2D eigenvalue weighted by Crippen LogP contribution is 2.19. The predicted octanol–water partition coefficient (Wildman–Crippen LogP) is 3.07. The van der Waals surface area contributed by atoms with Gasteiger partial charge in [-0.15, -0.1) is 0 Å². The topological polar surface area (TPSA) is 49.3 Å². The van der Waals surface area contributed by atoms with Gasteiger partial charge in [-0.3, -0.25) is 10.1 Å². The number of carbonyl (C=O) groups is 1. The molecule has 0 radical (unpaired) electrons. The van der Waals surface area contributed by atoms with Gasteiger partial charge in [-0.25, -0.2) is 0 Å². The van der Waals surface area contributed by atoms with E-state index in [1.807, 2.05) is 19.9 Å². The fraction of sp³-hybridized carbons (Fsp3) is 0.533. The van der Waals surface area contributed by atoms with Crippen LogP contribution in [0.3, 0.4) is 0 Å². The van der Waals surface area contributed by atoms with Crippen LogP contribution >= 0.6 is 11.8 Å². The molecule has 4 heteroatoms. The van der Waals surface area contributed by atoms with Crippen LogP contribution in [0.25, 0.3) is 0 Å². The minimum absolute atomic E-state index is 0.153. The fourth-order valence-corrected chi connectivity index (χ4v) is 3.11. The third-order valence-electron chi connectivity index (χ3n) is 2.82. The molecule has 1 rings (SSSR count). The van der Waals surface area contributed by atoms with Crippen LogP contribution in [0.2, 0.25) is 0 Å². The van der Waals surface area contributed by atoms with Crippen LogP contribution in [-0.2, 0) is 10.5 Å². The molecule has 0 bridgehead atoms. The lowest BCUT2D eigenvalue weighted by Gasteiger charge is -2.28. The minimum atomic E-state index is -0.872. The maximum Gasteiger partial charge on any atom is 0.324 e. The normalized spacial score (nSPS) is 14.4. The van der Waals surface area contributed by atoms with Gasteiger partial charge in [0.25, 0.3) is 0 Å².